The van der Waals surface area contributed by atoms with E-state index in [0.29, 0.717) is 10.2 Å². The van der Waals surface area contributed by atoms with Crippen LogP contribution in [0.4, 0.5) is 5.13 Å². The van der Waals surface area contributed by atoms with Gasteiger partial charge in [-0.3, -0.25) is 0 Å². The summed E-state index contributed by atoms with van der Waals surface area (Å²) < 4.78 is 1.84. The number of aromatic nitrogens is 1. The number of nitrogen functional groups attached to an aromatic ring is 1. The zero-order valence-corrected chi connectivity index (χ0v) is 12.1. The van der Waals surface area contributed by atoms with Gasteiger partial charge in [0.25, 0.3) is 0 Å². The maximum Gasteiger partial charge on any atom is 0.181 e. The minimum atomic E-state index is 0.549. The molecular formula is C7H3Br2ClN2S2. The first-order valence-electron chi connectivity index (χ1n) is 3.45. The van der Waals surface area contributed by atoms with Crippen LogP contribution in [0.5, 0.6) is 0 Å². The molecule has 0 bridgehead atoms. The molecule has 7 heteroatoms. The van der Waals surface area contributed by atoms with E-state index in [1.165, 1.54) is 22.7 Å². The third-order valence-corrected chi connectivity index (χ3v) is 5.50. The molecule has 2 heterocycles. The van der Waals surface area contributed by atoms with Crippen LogP contribution in [-0.4, -0.2) is 4.98 Å². The Morgan fingerprint density at radius 2 is 2.00 bits per heavy atom. The average Bonchev–Trinajstić information content (AvgIpc) is 2.57. The quantitative estimate of drug-likeness (QED) is 0.790. The van der Waals surface area contributed by atoms with Crippen molar-refractivity contribution in [3.8, 4) is 10.6 Å². The van der Waals surface area contributed by atoms with Gasteiger partial charge in [-0.25, -0.2) is 4.98 Å². The van der Waals surface area contributed by atoms with Crippen LogP contribution in [-0.2, 0) is 0 Å². The lowest BCUT2D eigenvalue weighted by molar-refractivity contribution is 1.42. The number of rotatable bonds is 1. The highest BCUT2D eigenvalue weighted by molar-refractivity contribution is 9.11. The first-order valence-corrected chi connectivity index (χ1v) is 7.04. The summed E-state index contributed by atoms with van der Waals surface area (Å²) >= 11 is 15.7. The monoisotopic (exact) mass is 372 g/mol. The number of hydrogen-bond acceptors (Lipinski definition) is 4. The first-order chi connectivity index (χ1) is 6.58. The number of nitrogens with two attached hydrogens (primary N) is 1. The van der Waals surface area contributed by atoms with Gasteiger partial charge < -0.3 is 5.73 Å². The van der Waals surface area contributed by atoms with Crippen molar-refractivity contribution >= 4 is 71.3 Å². The van der Waals surface area contributed by atoms with Crippen LogP contribution in [0.25, 0.3) is 10.6 Å². The zero-order valence-electron chi connectivity index (χ0n) is 6.55. The first kappa shape index (κ1) is 10.9. The highest BCUT2D eigenvalue weighted by Crippen LogP contribution is 2.42. The summed E-state index contributed by atoms with van der Waals surface area (Å²) in [5.41, 5.74) is 6.45. The van der Waals surface area contributed by atoms with Crippen molar-refractivity contribution in [3.05, 3.63) is 18.7 Å². The highest BCUT2D eigenvalue weighted by Gasteiger charge is 2.13. The predicted molar refractivity (Wildman–Crippen MR) is 70.2 cm³/mol. The van der Waals surface area contributed by atoms with Crippen LogP contribution in [0.15, 0.2) is 13.6 Å². The molecular weight excluding hydrogens is 371 g/mol. The van der Waals surface area contributed by atoms with Crippen molar-refractivity contribution in [1.29, 1.82) is 0 Å². The SMILES string of the molecule is Nc1nc(-c2cc(Cl)c(Br)s2)c(Br)s1. The van der Waals surface area contributed by atoms with Gasteiger partial charge in [0.1, 0.15) is 9.48 Å². The molecule has 0 amide bonds. The minimum absolute atomic E-state index is 0.549. The molecule has 74 valence electrons. The number of hydrogen-bond donors (Lipinski definition) is 1. The number of thiophene rings is 1. The Labute approximate surface area is 110 Å². The Balaban J connectivity index is 2.54. The van der Waals surface area contributed by atoms with Gasteiger partial charge in [0.15, 0.2) is 5.13 Å². The number of nitrogens with zero attached hydrogens (tertiary/aromatic N) is 1. The normalized spacial score (nSPS) is 10.8. The minimum Gasteiger partial charge on any atom is -0.375 e. The van der Waals surface area contributed by atoms with Gasteiger partial charge in [0.05, 0.1) is 13.7 Å². The molecule has 0 aromatic carbocycles. The van der Waals surface area contributed by atoms with Crippen molar-refractivity contribution < 1.29 is 0 Å². The number of thiazole rings is 1. The second-order valence-electron chi connectivity index (χ2n) is 2.41. The van der Waals surface area contributed by atoms with Crippen LogP contribution in [0.2, 0.25) is 5.02 Å². The van der Waals surface area contributed by atoms with Crippen LogP contribution >= 0.6 is 66.1 Å². The second kappa shape index (κ2) is 4.09. The fourth-order valence-electron chi connectivity index (χ4n) is 0.932. The zero-order chi connectivity index (χ0) is 10.3. The fraction of sp³-hybridized carbons (Fsp3) is 0. The smallest absolute Gasteiger partial charge is 0.181 e. The summed E-state index contributed by atoms with van der Waals surface area (Å²) in [5, 5.41) is 1.25. The Morgan fingerprint density at radius 1 is 1.29 bits per heavy atom. The average molecular weight is 375 g/mol. The summed E-state index contributed by atoms with van der Waals surface area (Å²) in [7, 11) is 0. The summed E-state index contributed by atoms with van der Waals surface area (Å²) in [4.78, 5) is 5.22. The maximum atomic E-state index is 5.93. The van der Waals surface area contributed by atoms with Crippen LogP contribution < -0.4 is 5.73 Å². The van der Waals surface area contributed by atoms with Crippen LogP contribution in [0.1, 0.15) is 0 Å². The van der Waals surface area contributed by atoms with E-state index in [2.05, 4.69) is 36.8 Å². The second-order valence-corrected chi connectivity index (χ2v) is 7.53. The van der Waals surface area contributed by atoms with Gasteiger partial charge in [-0.1, -0.05) is 22.9 Å². The third kappa shape index (κ3) is 1.99. The molecule has 14 heavy (non-hydrogen) atoms. The van der Waals surface area contributed by atoms with E-state index in [-0.39, 0.29) is 0 Å². The van der Waals surface area contributed by atoms with Gasteiger partial charge in [-0.05, 0) is 37.9 Å². The van der Waals surface area contributed by atoms with E-state index in [1.54, 1.807) is 0 Å². The molecule has 2 aromatic heterocycles. The maximum absolute atomic E-state index is 5.93. The third-order valence-electron chi connectivity index (χ3n) is 1.48. The molecule has 2 nitrogen and oxygen atoms in total. The van der Waals surface area contributed by atoms with Crippen molar-refractivity contribution in [1.82, 2.24) is 4.98 Å². The molecule has 0 saturated heterocycles. The molecule has 0 spiro atoms. The lowest BCUT2D eigenvalue weighted by atomic mass is 10.4. The van der Waals surface area contributed by atoms with Gasteiger partial charge in [-0.2, -0.15) is 0 Å². The molecule has 0 aliphatic rings. The molecule has 0 unspecified atom stereocenters. The molecule has 0 radical (unpaired) electrons. The van der Waals surface area contributed by atoms with Gasteiger partial charge in [0, 0.05) is 0 Å². The van der Waals surface area contributed by atoms with Crippen molar-refractivity contribution in [2.45, 2.75) is 0 Å². The summed E-state index contributed by atoms with van der Waals surface area (Å²) in [6, 6.07) is 1.87. The Bertz CT molecular complexity index is 460. The standard InChI is InChI=1S/C7H3Br2ClN2S2/c8-5-2(10)1-3(13-5)4-6(9)14-7(11)12-4/h1H,(H2,11,12). The molecule has 0 fully saturated rings. The largest absolute Gasteiger partial charge is 0.375 e. The van der Waals surface area contributed by atoms with Gasteiger partial charge in [0.2, 0.25) is 0 Å². The van der Waals surface area contributed by atoms with E-state index in [1.807, 2.05) is 6.07 Å². The van der Waals surface area contributed by atoms with Crippen LogP contribution in [0, 0.1) is 0 Å². The predicted octanol–water partition coefficient (Wildman–Crippen LogP) is 4.63. The summed E-state index contributed by atoms with van der Waals surface area (Å²) in [5.74, 6) is 0. The molecule has 0 aliphatic heterocycles. The number of halogens is 3. The van der Waals surface area contributed by atoms with E-state index >= 15 is 0 Å². The molecule has 2 aromatic rings. The topological polar surface area (TPSA) is 38.9 Å². The Morgan fingerprint density at radius 3 is 2.43 bits per heavy atom. The van der Waals surface area contributed by atoms with Crippen molar-refractivity contribution in [2.24, 2.45) is 0 Å². The van der Waals surface area contributed by atoms with E-state index in [0.717, 1.165) is 18.1 Å². The van der Waals surface area contributed by atoms with Crippen molar-refractivity contribution in [2.75, 3.05) is 5.73 Å². The lowest BCUT2D eigenvalue weighted by Crippen LogP contribution is -1.80. The molecule has 0 aliphatic carbocycles. The van der Waals surface area contributed by atoms with E-state index in [9.17, 15) is 0 Å². The Hall–Kier alpha value is 0.380. The van der Waals surface area contributed by atoms with E-state index < -0.39 is 0 Å². The van der Waals surface area contributed by atoms with Gasteiger partial charge >= 0.3 is 0 Å². The number of anilines is 1. The lowest BCUT2D eigenvalue weighted by Gasteiger charge is -1.88. The summed E-state index contributed by atoms with van der Waals surface area (Å²) in [6.07, 6.45) is 0. The van der Waals surface area contributed by atoms with E-state index in [4.69, 9.17) is 17.3 Å². The highest BCUT2D eigenvalue weighted by atomic mass is 79.9. The summed E-state index contributed by atoms with van der Waals surface area (Å²) in [6.45, 7) is 0. The molecule has 2 rings (SSSR count). The Kier molecular flexibility index (Phi) is 3.18. The fourth-order valence-corrected chi connectivity index (χ4v) is 4.20. The van der Waals surface area contributed by atoms with Crippen molar-refractivity contribution in [3.63, 3.8) is 0 Å². The molecule has 0 saturated carbocycles. The molecule has 0 atom stereocenters. The van der Waals surface area contributed by atoms with Crippen LogP contribution in [0.3, 0.4) is 0 Å². The molecule has 2 N–H and O–H groups in total. The van der Waals surface area contributed by atoms with Gasteiger partial charge in [-0.15, -0.1) is 11.3 Å².